The third kappa shape index (κ3) is 5.19. The number of aromatic nitrogens is 2. The minimum Gasteiger partial charge on any atom is -0.331 e. The maximum absolute atomic E-state index is 13.2. The molecule has 0 radical (unpaired) electrons. The van der Waals surface area contributed by atoms with E-state index in [1.165, 1.54) is 5.56 Å². The van der Waals surface area contributed by atoms with Gasteiger partial charge in [0.2, 0.25) is 5.95 Å². The van der Waals surface area contributed by atoms with Crippen molar-refractivity contribution >= 4 is 17.5 Å². The molecule has 0 atom stereocenters. The molecule has 2 aromatic carbocycles. The zero-order chi connectivity index (χ0) is 20.8. The van der Waals surface area contributed by atoms with E-state index >= 15 is 0 Å². The molecule has 5 nitrogen and oxygen atoms in total. The maximum atomic E-state index is 13.2. The number of hydrogen-bond acceptors (Lipinski definition) is 4. The molecule has 1 N–H and O–H groups in total. The third-order valence-electron chi connectivity index (χ3n) is 4.78. The van der Waals surface area contributed by atoms with E-state index in [1.807, 2.05) is 67.3 Å². The van der Waals surface area contributed by atoms with Gasteiger partial charge in [0.25, 0.3) is 5.91 Å². The second kappa shape index (κ2) is 9.32. The van der Waals surface area contributed by atoms with E-state index < -0.39 is 0 Å². The molecule has 0 aliphatic rings. The Balaban J connectivity index is 1.83. The monoisotopic (exact) mass is 388 g/mol. The Bertz CT molecular complexity index is 954. The molecule has 0 fully saturated rings. The number of carbonyl (C=O) groups is 1. The fourth-order valence-electron chi connectivity index (χ4n) is 3.19. The summed E-state index contributed by atoms with van der Waals surface area (Å²) in [6, 6.07) is 19.8. The topological polar surface area (TPSA) is 58.1 Å². The molecular weight excluding hydrogens is 360 g/mol. The molecule has 5 heteroatoms. The summed E-state index contributed by atoms with van der Waals surface area (Å²) in [6.07, 6.45) is 1.63. The minimum atomic E-state index is -0.105. The molecule has 29 heavy (non-hydrogen) atoms. The van der Waals surface area contributed by atoms with Crippen LogP contribution in [0.25, 0.3) is 0 Å². The van der Waals surface area contributed by atoms with Crippen LogP contribution in [0, 0.1) is 0 Å². The highest BCUT2D eigenvalue weighted by molar-refractivity contribution is 5.92. The smallest absolute Gasteiger partial charge is 0.273 e. The highest BCUT2D eigenvalue weighted by Gasteiger charge is 2.21. The second-order valence-corrected chi connectivity index (χ2v) is 7.64. The van der Waals surface area contributed by atoms with Gasteiger partial charge in [0.1, 0.15) is 5.69 Å². The molecule has 1 amide bonds. The number of carbonyl (C=O) groups excluding carboxylic acids is 1. The summed E-state index contributed by atoms with van der Waals surface area (Å²) >= 11 is 0. The molecule has 1 aromatic heterocycles. The standard InChI is InChI=1S/C24H28N4O/c1-17(2)20-12-8-9-13-21(20)26-24-25-15-14-22(27-24)23(29)28(18(3)4)16-19-10-6-5-7-11-19/h5-15,17-18H,16H2,1-4H3,(H,25,26,27). The number of hydrogen-bond donors (Lipinski definition) is 1. The summed E-state index contributed by atoms with van der Waals surface area (Å²) in [5, 5.41) is 3.27. The highest BCUT2D eigenvalue weighted by atomic mass is 16.2. The Labute approximate surface area is 172 Å². The first-order chi connectivity index (χ1) is 14.0. The Kier molecular flexibility index (Phi) is 6.60. The van der Waals surface area contributed by atoms with E-state index in [1.54, 1.807) is 12.3 Å². The van der Waals surface area contributed by atoms with Crippen molar-refractivity contribution in [3.8, 4) is 0 Å². The lowest BCUT2D eigenvalue weighted by Gasteiger charge is -2.26. The molecule has 3 rings (SSSR count). The van der Waals surface area contributed by atoms with E-state index in [4.69, 9.17) is 0 Å². The van der Waals surface area contributed by atoms with Crippen molar-refractivity contribution in [3.63, 3.8) is 0 Å². The lowest BCUT2D eigenvalue weighted by atomic mass is 10.0. The molecule has 0 unspecified atom stereocenters. The van der Waals surface area contributed by atoms with Crippen LogP contribution < -0.4 is 5.32 Å². The molecule has 0 aliphatic heterocycles. The summed E-state index contributed by atoms with van der Waals surface area (Å²) in [5.41, 5.74) is 3.61. The Morgan fingerprint density at radius 3 is 2.34 bits per heavy atom. The van der Waals surface area contributed by atoms with Crippen molar-refractivity contribution in [1.82, 2.24) is 14.9 Å². The number of benzene rings is 2. The van der Waals surface area contributed by atoms with Gasteiger partial charge >= 0.3 is 0 Å². The van der Waals surface area contributed by atoms with Gasteiger partial charge in [-0.3, -0.25) is 4.79 Å². The first kappa shape index (κ1) is 20.5. The molecular formula is C24H28N4O. The number of amides is 1. The van der Waals surface area contributed by atoms with Crippen LogP contribution >= 0.6 is 0 Å². The summed E-state index contributed by atoms with van der Waals surface area (Å²) in [7, 11) is 0. The normalized spacial score (nSPS) is 11.0. The van der Waals surface area contributed by atoms with Crippen LogP contribution in [-0.2, 0) is 6.54 Å². The predicted molar refractivity (Wildman–Crippen MR) is 117 cm³/mol. The van der Waals surface area contributed by atoms with Crippen molar-refractivity contribution in [1.29, 1.82) is 0 Å². The van der Waals surface area contributed by atoms with Crippen molar-refractivity contribution < 1.29 is 4.79 Å². The number of nitrogens with one attached hydrogen (secondary N) is 1. The molecule has 150 valence electrons. The van der Waals surface area contributed by atoms with Gasteiger partial charge in [-0.05, 0) is 43.0 Å². The zero-order valence-corrected chi connectivity index (χ0v) is 17.5. The van der Waals surface area contributed by atoms with Crippen molar-refractivity contribution in [2.75, 3.05) is 5.32 Å². The Morgan fingerprint density at radius 2 is 1.66 bits per heavy atom. The molecule has 3 aromatic rings. The fourth-order valence-corrected chi connectivity index (χ4v) is 3.19. The number of rotatable bonds is 7. The quantitative estimate of drug-likeness (QED) is 0.589. The molecule has 0 spiro atoms. The largest absolute Gasteiger partial charge is 0.331 e. The van der Waals surface area contributed by atoms with Gasteiger partial charge in [-0.15, -0.1) is 0 Å². The van der Waals surface area contributed by atoms with Gasteiger partial charge in [0, 0.05) is 24.5 Å². The first-order valence-corrected chi connectivity index (χ1v) is 9.99. The van der Waals surface area contributed by atoms with Crippen molar-refractivity contribution in [2.45, 2.75) is 46.2 Å². The zero-order valence-electron chi connectivity index (χ0n) is 17.5. The summed E-state index contributed by atoms with van der Waals surface area (Å²) in [5.74, 6) is 0.685. The third-order valence-corrected chi connectivity index (χ3v) is 4.78. The van der Waals surface area contributed by atoms with Crippen LogP contribution in [0.3, 0.4) is 0 Å². The lowest BCUT2D eigenvalue weighted by molar-refractivity contribution is 0.0684. The van der Waals surface area contributed by atoms with Crippen molar-refractivity contribution in [3.05, 3.63) is 83.7 Å². The van der Waals surface area contributed by atoms with E-state index in [2.05, 4.69) is 35.2 Å². The maximum Gasteiger partial charge on any atom is 0.273 e. The average molecular weight is 389 g/mol. The molecule has 0 saturated carbocycles. The number of para-hydroxylation sites is 1. The van der Waals surface area contributed by atoms with Gasteiger partial charge in [-0.25, -0.2) is 9.97 Å². The summed E-state index contributed by atoms with van der Waals surface area (Å²) < 4.78 is 0. The minimum absolute atomic E-state index is 0.0516. The van der Waals surface area contributed by atoms with Gasteiger partial charge in [-0.1, -0.05) is 62.4 Å². The van der Waals surface area contributed by atoms with Crippen LogP contribution in [0.4, 0.5) is 11.6 Å². The Morgan fingerprint density at radius 1 is 0.966 bits per heavy atom. The fraction of sp³-hybridized carbons (Fsp3) is 0.292. The van der Waals surface area contributed by atoms with Crippen molar-refractivity contribution in [2.24, 2.45) is 0 Å². The van der Waals surface area contributed by atoms with Gasteiger partial charge in [0.05, 0.1) is 0 Å². The highest BCUT2D eigenvalue weighted by Crippen LogP contribution is 2.25. The SMILES string of the molecule is CC(C)c1ccccc1Nc1nccc(C(=O)N(Cc2ccccc2)C(C)C)n1. The van der Waals surface area contributed by atoms with Gasteiger partial charge < -0.3 is 10.2 Å². The van der Waals surface area contributed by atoms with Gasteiger partial charge in [-0.2, -0.15) is 0 Å². The van der Waals surface area contributed by atoms with Crippen LogP contribution in [0.5, 0.6) is 0 Å². The number of nitrogens with zero attached hydrogens (tertiary/aromatic N) is 3. The second-order valence-electron chi connectivity index (χ2n) is 7.64. The molecule has 0 aliphatic carbocycles. The average Bonchev–Trinajstić information content (AvgIpc) is 2.72. The van der Waals surface area contributed by atoms with E-state index in [0.717, 1.165) is 11.3 Å². The van der Waals surface area contributed by atoms with Crippen LogP contribution in [-0.4, -0.2) is 26.8 Å². The van der Waals surface area contributed by atoms with Crippen LogP contribution in [0.15, 0.2) is 66.9 Å². The summed E-state index contributed by atoms with van der Waals surface area (Å²) in [6.45, 7) is 8.86. The molecule has 0 saturated heterocycles. The molecule has 0 bridgehead atoms. The lowest BCUT2D eigenvalue weighted by Crippen LogP contribution is -2.37. The number of anilines is 2. The first-order valence-electron chi connectivity index (χ1n) is 9.99. The Hall–Kier alpha value is -3.21. The van der Waals surface area contributed by atoms with E-state index in [-0.39, 0.29) is 11.9 Å². The predicted octanol–water partition coefficient (Wildman–Crippen LogP) is 5.39. The van der Waals surface area contributed by atoms with E-state index in [9.17, 15) is 4.79 Å². The molecule has 1 heterocycles. The van der Waals surface area contributed by atoms with Crippen LogP contribution in [0.2, 0.25) is 0 Å². The van der Waals surface area contributed by atoms with E-state index in [0.29, 0.717) is 24.1 Å². The van der Waals surface area contributed by atoms with Gasteiger partial charge in [0.15, 0.2) is 0 Å². The van der Waals surface area contributed by atoms with Crippen LogP contribution in [0.1, 0.15) is 55.2 Å². The summed E-state index contributed by atoms with van der Waals surface area (Å²) in [4.78, 5) is 23.8.